The Hall–Kier alpha value is -2.09. The van der Waals surface area contributed by atoms with Gasteiger partial charge in [0, 0.05) is 12.3 Å². The van der Waals surface area contributed by atoms with E-state index in [2.05, 4.69) is 19.9 Å². The Kier molecular flexibility index (Phi) is 4.57. The van der Waals surface area contributed by atoms with Crippen molar-refractivity contribution >= 4 is 28.3 Å². The zero-order valence-corrected chi connectivity index (χ0v) is 13.0. The maximum Gasteiger partial charge on any atom is 0.257 e. The molecule has 0 saturated heterocycles. The van der Waals surface area contributed by atoms with E-state index >= 15 is 0 Å². The van der Waals surface area contributed by atoms with Crippen LogP contribution in [0, 0.1) is 5.92 Å². The summed E-state index contributed by atoms with van der Waals surface area (Å²) < 4.78 is 9.99. The molecule has 7 nitrogen and oxygen atoms in total. The van der Waals surface area contributed by atoms with E-state index in [0.717, 1.165) is 11.5 Å². The molecule has 2 heterocycles. The summed E-state index contributed by atoms with van der Waals surface area (Å²) in [5, 5.41) is 10.3. The third kappa shape index (κ3) is 3.38. The summed E-state index contributed by atoms with van der Waals surface area (Å²) in [6.45, 7) is 0.589. The van der Waals surface area contributed by atoms with Crippen LogP contribution in [-0.2, 0) is 0 Å². The van der Waals surface area contributed by atoms with Gasteiger partial charge in [0.1, 0.15) is 10.6 Å². The number of aromatic amines is 1. The summed E-state index contributed by atoms with van der Waals surface area (Å²) in [6.07, 6.45) is 7.84. The number of nitrogens with zero attached hydrogens (tertiary/aromatic N) is 2. The Bertz CT molecular complexity index is 619. The van der Waals surface area contributed by atoms with Crippen LogP contribution in [0.5, 0.6) is 5.88 Å². The highest BCUT2D eigenvalue weighted by Gasteiger charge is 2.22. The fourth-order valence-electron chi connectivity index (χ4n) is 2.67. The zero-order chi connectivity index (χ0) is 15.4. The number of primary amides is 1. The van der Waals surface area contributed by atoms with Gasteiger partial charge in [-0.15, -0.1) is 0 Å². The van der Waals surface area contributed by atoms with Crippen molar-refractivity contribution in [1.82, 2.24) is 14.6 Å². The molecule has 1 aliphatic carbocycles. The molecule has 0 atom stereocenters. The molecule has 1 aliphatic rings. The molecule has 118 valence electrons. The number of hydrogen-bond donors (Lipinski definition) is 3. The Morgan fingerprint density at radius 1 is 1.45 bits per heavy atom. The standard InChI is InChI=1S/C14H19N5O2S/c15-12(20)11-13(21-8-9-4-2-1-3-5-9)19-22-14(11)17-10-6-7-16-18-10/h6-7,9H,1-5,8H2,(H2,15,20)(H2,16,17,18). The topological polar surface area (TPSA) is 106 Å². The van der Waals surface area contributed by atoms with Crippen molar-refractivity contribution in [1.29, 1.82) is 0 Å². The largest absolute Gasteiger partial charge is 0.476 e. The molecule has 4 N–H and O–H groups in total. The summed E-state index contributed by atoms with van der Waals surface area (Å²) >= 11 is 1.15. The Morgan fingerprint density at radius 2 is 2.27 bits per heavy atom. The minimum absolute atomic E-state index is 0.295. The van der Waals surface area contributed by atoms with Crippen molar-refractivity contribution in [2.45, 2.75) is 32.1 Å². The molecule has 22 heavy (non-hydrogen) atoms. The first-order valence-corrected chi connectivity index (χ1v) is 8.20. The number of aromatic nitrogens is 3. The molecule has 0 radical (unpaired) electrons. The van der Waals surface area contributed by atoms with Gasteiger partial charge in [0.2, 0.25) is 5.88 Å². The fraction of sp³-hybridized carbons (Fsp3) is 0.500. The second-order valence-electron chi connectivity index (χ2n) is 5.46. The number of hydrogen-bond acceptors (Lipinski definition) is 6. The highest BCUT2D eigenvalue weighted by molar-refractivity contribution is 7.11. The molecule has 0 aliphatic heterocycles. The number of ether oxygens (including phenoxy) is 1. The highest BCUT2D eigenvalue weighted by Crippen LogP contribution is 2.33. The van der Waals surface area contributed by atoms with Crippen LogP contribution in [0.4, 0.5) is 10.8 Å². The lowest BCUT2D eigenvalue weighted by atomic mass is 9.90. The van der Waals surface area contributed by atoms with Gasteiger partial charge in [-0.2, -0.15) is 9.47 Å². The van der Waals surface area contributed by atoms with E-state index in [9.17, 15) is 4.79 Å². The summed E-state index contributed by atoms with van der Waals surface area (Å²) in [7, 11) is 0. The van der Waals surface area contributed by atoms with E-state index < -0.39 is 5.91 Å². The molecule has 8 heteroatoms. The third-order valence-corrected chi connectivity index (χ3v) is 4.58. The first-order valence-electron chi connectivity index (χ1n) is 7.43. The number of nitrogens with two attached hydrogens (primary N) is 1. The minimum atomic E-state index is -0.551. The minimum Gasteiger partial charge on any atom is -0.476 e. The quantitative estimate of drug-likeness (QED) is 0.758. The number of carbonyl (C=O) groups excluding carboxylic acids is 1. The zero-order valence-electron chi connectivity index (χ0n) is 12.2. The van der Waals surface area contributed by atoms with E-state index in [0.29, 0.717) is 34.8 Å². The molecule has 2 aromatic rings. The summed E-state index contributed by atoms with van der Waals surface area (Å²) in [6, 6.07) is 1.76. The van der Waals surface area contributed by atoms with Gasteiger partial charge in [-0.25, -0.2) is 0 Å². The van der Waals surface area contributed by atoms with Crippen LogP contribution in [0.15, 0.2) is 12.3 Å². The maximum atomic E-state index is 11.7. The summed E-state index contributed by atoms with van der Waals surface area (Å²) in [5.41, 5.74) is 5.77. The van der Waals surface area contributed by atoms with E-state index in [1.165, 1.54) is 32.1 Å². The molecule has 1 amide bonds. The van der Waals surface area contributed by atoms with Crippen molar-refractivity contribution < 1.29 is 9.53 Å². The van der Waals surface area contributed by atoms with Crippen molar-refractivity contribution in [3.8, 4) is 5.88 Å². The van der Waals surface area contributed by atoms with E-state index in [1.807, 2.05) is 0 Å². The van der Waals surface area contributed by atoms with Crippen molar-refractivity contribution in [2.75, 3.05) is 11.9 Å². The monoisotopic (exact) mass is 321 g/mol. The predicted molar refractivity (Wildman–Crippen MR) is 84.6 cm³/mol. The number of nitrogens with one attached hydrogen (secondary N) is 2. The van der Waals surface area contributed by atoms with Crippen LogP contribution < -0.4 is 15.8 Å². The third-order valence-electron chi connectivity index (χ3n) is 3.83. The normalized spacial score (nSPS) is 15.6. The molecular weight excluding hydrogens is 302 g/mol. The van der Waals surface area contributed by atoms with Gasteiger partial charge in [-0.05, 0) is 30.3 Å². The van der Waals surface area contributed by atoms with Crippen LogP contribution in [0.25, 0.3) is 0 Å². The number of anilines is 2. The molecule has 0 bridgehead atoms. The van der Waals surface area contributed by atoms with E-state index in [-0.39, 0.29) is 0 Å². The highest BCUT2D eigenvalue weighted by atomic mass is 32.1. The van der Waals surface area contributed by atoms with E-state index in [1.54, 1.807) is 12.3 Å². The van der Waals surface area contributed by atoms with Gasteiger partial charge in [0.25, 0.3) is 5.91 Å². The van der Waals surface area contributed by atoms with Gasteiger partial charge in [-0.3, -0.25) is 9.89 Å². The second kappa shape index (κ2) is 6.78. The molecule has 2 aromatic heterocycles. The van der Waals surface area contributed by atoms with Crippen LogP contribution in [0.2, 0.25) is 0 Å². The number of carbonyl (C=O) groups is 1. The molecule has 0 aromatic carbocycles. The molecule has 1 fully saturated rings. The Labute approximate surface area is 132 Å². The number of rotatable bonds is 6. The van der Waals surface area contributed by atoms with Crippen LogP contribution in [0.1, 0.15) is 42.5 Å². The van der Waals surface area contributed by atoms with Gasteiger partial charge in [0.05, 0.1) is 6.61 Å². The number of amides is 1. The maximum absolute atomic E-state index is 11.7. The average molecular weight is 321 g/mol. The SMILES string of the molecule is NC(=O)c1c(OCC2CCCCC2)nsc1Nc1cc[nH]n1. The molecule has 0 unspecified atom stereocenters. The van der Waals surface area contributed by atoms with Crippen LogP contribution >= 0.6 is 11.5 Å². The molecule has 3 rings (SSSR count). The van der Waals surface area contributed by atoms with Crippen molar-refractivity contribution in [3.05, 3.63) is 17.8 Å². The lowest BCUT2D eigenvalue weighted by Gasteiger charge is -2.21. The predicted octanol–water partition coefficient (Wildman–Crippen LogP) is 2.67. The fourth-order valence-corrected chi connectivity index (χ4v) is 3.42. The van der Waals surface area contributed by atoms with Gasteiger partial charge >= 0.3 is 0 Å². The van der Waals surface area contributed by atoms with Gasteiger partial charge in [-0.1, -0.05) is 19.3 Å². The Morgan fingerprint density at radius 3 is 2.95 bits per heavy atom. The van der Waals surface area contributed by atoms with Crippen molar-refractivity contribution in [3.63, 3.8) is 0 Å². The van der Waals surface area contributed by atoms with Crippen LogP contribution in [0.3, 0.4) is 0 Å². The van der Waals surface area contributed by atoms with Crippen LogP contribution in [-0.4, -0.2) is 27.1 Å². The van der Waals surface area contributed by atoms with Gasteiger partial charge < -0.3 is 15.8 Å². The number of H-pyrrole nitrogens is 1. The first-order chi connectivity index (χ1) is 10.7. The lowest BCUT2D eigenvalue weighted by molar-refractivity contribution is 0.0995. The van der Waals surface area contributed by atoms with Crippen molar-refractivity contribution in [2.24, 2.45) is 11.7 Å². The molecule has 1 saturated carbocycles. The molecule has 0 spiro atoms. The van der Waals surface area contributed by atoms with E-state index in [4.69, 9.17) is 10.5 Å². The van der Waals surface area contributed by atoms with Gasteiger partial charge in [0.15, 0.2) is 5.82 Å². The lowest BCUT2D eigenvalue weighted by Crippen LogP contribution is -2.18. The second-order valence-corrected chi connectivity index (χ2v) is 6.23. The first kappa shape index (κ1) is 14.8. The average Bonchev–Trinajstić information content (AvgIpc) is 3.16. The molecular formula is C14H19N5O2S. The summed E-state index contributed by atoms with van der Waals surface area (Å²) in [5.74, 6) is 0.912. The smallest absolute Gasteiger partial charge is 0.257 e. The Balaban J connectivity index is 1.70. The summed E-state index contributed by atoms with van der Waals surface area (Å²) in [4.78, 5) is 11.7.